The molecule has 2 heterocycles. The average Bonchev–Trinajstić information content (AvgIpc) is 3.31. The maximum atomic E-state index is 12.7. The quantitative estimate of drug-likeness (QED) is 0.750. The second-order valence-electron chi connectivity index (χ2n) is 7.79. The molecule has 2 aromatic rings. The van der Waals surface area contributed by atoms with Crippen molar-refractivity contribution >= 4 is 23.6 Å². The number of carboxylic acids is 1. The van der Waals surface area contributed by atoms with E-state index in [2.05, 4.69) is 10.3 Å². The Morgan fingerprint density at radius 2 is 2.04 bits per heavy atom. The first-order valence-corrected chi connectivity index (χ1v) is 10.8. The molecule has 1 atom stereocenters. The molecule has 1 N–H and O–H groups in total. The molecule has 1 aromatic heterocycles. The van der Waals surface area contributed by atoms with Gasteiger partial charge in [0, 0.05) is 24.3 Å². The summed E-state index contributed by atoms with van der Waals surface area (Å²) in [5.41, 5.74) is 1.69. The topological polar surface area (TPSA) is 88.3 Å². The van der Waals surface area contributed by atoms with Crippen LogP contribution in [0.1, 0.15) is 37.8 Å². The van der Waals surface area contributed by atoms with Crippen molar-refractivity contribution < 1.29 is 14.7 Å². The van der Waals surface area contributed by atoms with E-state index in [9.17, 15) is 14.7 Å². The Hall–Kier alpha value is -2.35. The van der Waals surface area contributed by atoms with Gasteiger partial charge in [-0.15, -0.1) is 16.9 Å². The monoisotopic (exact) mass is 400 g/mol. The van der Waals surface area contributed by atoms with Crippen LogP contribution >= 0.6 is 11.8 Å². The van der Waals surface area contributed by atoms with Crippen LogP contribution in [0, 0.1) is 5.41 Å². The van der Waals surface area contributed by atoms with Crippen LogP contribution in [0.4, 0.5) is 0 Å². The van der Waals surface area contributed by atoms with Crippen molar-refractivity contribution in [1.29, 1.82) is 0 Å². The number of likely N-dealkylation sites (tertiary alicyclic amines) is 1. The van der Waals surface area contributed by atoms with Gasteiger partial charge in [-0.1, -0.05) is 11.6 Å². The molecule has 1 saturated heterocycles. The van der Waals surface area contributed by atoms with E-state index >= 15 is 0 Å². The van der Waals surface area contributed by atoms with Crippen LogP contribution in [0.5, 0.6) is 0 Å². The van der Waals surface area contributed by atoms with Crippen LogP contribution in [-0.2, 0) is 16.0 Å². The number of aryl methyl sites for hydroxylation is 1. The number of aliphatic carboxylic acids is 1. The summed E-state index contributed by atoms with van der Waals surface area (Å²) in [6, 6.07) is 7.34. The molecule has 8 heteroatoms. The van der Waals surface area contributed by atoms with Gasteiger partial charge in [0.2, 0.25) is 5.91 Å². The zero-order chi connectivity index (χ0) is 19.7. The number of carboxylic acid groups (broad SMARTS) is 1. The lowest BCUT2D eigenvalue weighted by Crippen LogP contribution is -2.41. The fourth-order valence-electron chi connectivity index (χ4n) is 4.23. The smallest absolute Gasteiger partial charge is 0.326 e. The third kappa shape index (κ3) is 3.65. The maximum absolute atomic E-state index is 12.7. The van der Waals surface area contributed by atoms with E-state index in [-0.39, 0.29) is 17.7 Å². The van der Waals surface area contributed by atoms with Crippen LogP contribution in [0.2, 0.25) is 0 Å². The predicted molar refractivity (Wildman–Crippen MR) is 105 cm³/mol. The molecule has 1 spiro atoms. The normalized spacial score (nSPS) is 20.3. The van der Waals surface area contributed by atoms with Crippen molar-refractivity contribution in [2.75, 3.05) is 12.8 Å². The molecule has 0 bridgehead atoms. The minimum absolute atomic E-state index is 0.0464. The molecule has 4 rings (SSSR count). The number of nitrogens with zero attached hydrogens (tertiary/aromatic N) is 4. The number of amides is 1. The highest BCUT2D eigenvalue weighted by molar-refractivity contribution is 7.98. The molecule has 148 valence electrons. The number of carbonyl (C=O) groups excluding carboxylic acids is 1. The molecule has 1 unspecified atom stereocenters. The fraction of sp³-hybridized carbons (Fsp3) is 0.500. The summed E-state index contributed by atoms with van der Waals surface area (Å²) in [4.78, 5) is 27.1. The summed E-state index contributed by atoms with van der Waals surface area (Å²) in [5.74, 6) is -0.994. The first-order valence-electron chi connectivity index (χ1n) is 9.58. The summed E-state index contributed by atoms with van der Waals surface area (Å²) in [6.45, 7) is 0.581. The van der Waals surface area contributed by atoms with E-state index in [0.717, 1.165) is 30.6 Å². The Labute approximate surface area is 168 Å². The lowest BCUT2D eigenvalue weighted by Gasteiger charge is -2.37. The first-order chi connectivity index (χ1) is 13.5. The second kappa shape index (κ2) is 7.58. The van der Waals surface area contributed by atoms with E-state index < -0.39 is 12.0 Å². The highest BCUT2D eigenvalue weighted by Crippen LogP contribution is 2.50. The molecule has 0 radical (unpaired) electrons. The van der Waals surface area contributed by atoms with Crippen molar-refractivity contribution in [2.24, 2.45) is 5.41 Å². The van der Waals surface area contributed by atoms with E-state index in [1.807, 2.05) is 36.7 Å². The summed E-state index contributed by atoms with van der Waals surface area (Å²) < 4.78 is 1.70. The van der Waals surface area contributed by atoms with Gasteiger partial charge >= 0.3 is 5.97 Å². The van der Waals surface area contributed by atoms with Gasteiger partial charge in [-0.3, -0.25) is 4.79 Å². The standard InChI is InChI=1S/C20H24N4O3S/c1-28-16-6-4-15(5-7-16)24-12-14(21-22-24)3-8-18(25)23-13-20(9-2-10-20)11-17(23)19(26)27/h4-7,12,17H,2-3,8-11,13H2,1H3,(H,26,27). The van der Waals surface area contributed by atoms with Crippen LogP contribution < -0.4 is 0 Å². The molecule has 2 fully saturated rings. The van der Waals surface area contributed by atoms with Crippen molar-refractivity contribution in [3.63, 3.8) is 0 Å². The zero-order valence-electron chi connectivity index (χ0n) is 15.9. The third-order valence-electron chi connectivity index (χ3n) is 6.00. The van der Waals surface area contributed by atoms with Crippen LogP contribution in [0.15, 0.2) is 35.4 Å². The molecule has 1 aliphatic carbocycles. The van der Waals surface area contributed by atoms with Gasteiger partial charge in [-0.05, 0) is 55.2 Å². The zero-order valence-corrected chi connectivity index (χ0v) is 16.7. The van der Waals surface area contributed by atoms with Crippen molar-refractivity contribution in [3.05, 3.63) is 36.2 Å². The van der Waals surface area contributed by atoms with Gasteiger partial charge in [0.05, 0.1) is 17.6 Å². The molecule has 1 amide bonds. The Morgan fingerprint density at radius 1 is 1.29 bits per heavy atom. The molecule has 2 aliphatic rings. The van der Waals surface area contributed by atoms with E-state index in [1.165, 1.54) is 4.90 Å². The van der Waals surface area contributed by atoms with Crippen LogP contribution in [0.25, 0.3) is 5.69 Å². The number of aromatic nitrogens is 3. The van der Waals surface area contributed by atoms with Gasteiger partial charge in [0.1, 0.15) is 6.04 Å². The fourth-order valence-corrected chi connectivity index (χ4v) is 4.64. The third-order valence-corrected chi connectivity index (χ3v) is 6.74. The molecule has 7 nitrogen and oxygen atoms in total. The minimum atomic E-state index is -0.892. The van der Waals surface area contributed by atoms with Gasteiger partial charge in [0.15, 0.2) is 0 Å². The van der Waals surface area contributed by atoms with Gasteiger partial charge in [-0.25, -0.2) is 9.48 Å². The Morgan fingerprint density at radius 3 is 2.64 bits per heavy atom. The molecule has 1 saturated carbocycles. The van der Waals surface area contributed by atoms with Crippen molar-refractivity contribution in [1.82, 2.24) is 19.9 Å². The predicted octanol–water partition coefficient (Wildman–Crippen LogP) is 2.78. The minimum Gasteiger partial charge on any atom is -0.480 e. The van der Waals surface area contributed by atoms with Gasteiger partial charge in [0.25, 0.3) is 0 Å². The average molecular weight is 401 g/mol. The lowest BCUT2D eigenvalue weighted by molar-refractivity contribution is -0.148. The lowest BCUT2D eigenvalue weighted by atomic mass is 9.67. The summed E-state index contributed by atoms with van der Waals surface area (Å²) in [7, 11) is 0. The number of hydrogen-bond donors (Lipinski definition) is 1. The van der Waals surface area contributed by atoms with E-state index in [1.54, 1.807) is 21.3 Å². The number of rotatable bonds is 6. The van der Waals surface area contributed by atoms with E-state index in [0.29, 0.717) is 19.4 Å². The summed E-state index contributed by atoms with van der Waals surface area (Å²) >= 11 is 1.68. The Kier molecular flexibility index (Phi) is 5.14. The number of carbonyl (C=O) groups is 2. The number of benzene rings is 1. The van der Waals surface area contributed by atoms with Crippen LogP contribution in [-0.4, -0.2) is 55.7 Å². The molecule has 1 aromatic carbocycles. The first kappa shape index (κ1) is 19.0. The second-order valence-corrected chi connectivity index (χ2v) is 8.67. The number of thioether (sulfide) groups is 1. The van der Waals surface area contributed by atoms with E-state index in [4.69, 9.17) is 0 Å². The Bertz CT molecular complexity index is 876. The maximum Gasteiger partial charge on any atom is 0.326 e. The summed E-state index contributed by atoms with van der Waals surface area (Å²) in [6.07, 6.45) is 8.36. The number of hydrogen-bond acceptors (Lipinski definition) is 5. The Balaban J connectivity index is 1.38. The summed E-state index contributed by atoms with van der Waals surface area (Å²) in [5, 5.41) is 17.8. The SMILES string of the molecule is CSc1ccc(-n2cc(CCC(=O)N3CC4(CCC4)CC3C(=O)O)nn2)cc1. The molecular formula is C20H24N4O3S. The highest BCUT2D eigenvalue weighted by Gasteiger charge is 2.51. The van der Waals surface area contributed by atoms with Gasteiger partial charge < -0.3 is 10.0 Å². The van der Waals surface area contributed by atoms with Crippen LogP contribution in [0.3, 0.4) is 0 Å². The molecule has 1 aliphatic heterocycles. The highest BCUT2D eigenvalue weighted by atomic mass is 32.2. The van der Waals surface area contributed by atoms with Crippen molar-refractivity contribution in [3.8, 4) is 5.69 Å². The molecular weight excluding hydrogens is 376 g/mol. The molecule has 28 heavy (non-hydrogen) atoms. The largest absolute Gasteiger partial charge is 0.480 e. The van der Waals surface area contributed by atoms with Gasteiger partial charge in [-0.2, -0.15) is 0 Å². The van der Waals surface area contributed by atoms with Crippen molar-refractivity contribution in [2.45, 2.75) is 49.5 Å².